The van der Waals surface area contributed by atoms with E-state index in [1.807, 2.05) is 35.9 Å². The van der Waals surface area contributed by atoms with Crippen molar-refractivity contribution in [1.29, 1.82) is 0 Å². The van der Waals surface area contributed by atoms with Gasteiger partial charge in [0.25, 0.3) is 0 Å². The molecule has 0 aliphatic carbocycles. The lowest BCUT2D eigenvalue weighted by Gasteiger charge is -2.25. The first-order valence-corrected chi connectivity index (χ1v) is 8.45. The van der Waals surface area contributed by atoms with Crippen LogP contribution in [0.3, 0.4) is 0 Å². The second kappa shape index (κ2) is 7.81. The van der Waals surface area contributed by atoms with E-state index in [-0.39, 0.29) is 18.5 Å². The Balaban J connectivity index is 2.21. The van der Waals surface area contributed by atoms with Gasteiger partial charge in [-0.2, -0.15) is 5.10 Å². The molecule has 0 aliphatic heterocycles. The average molecular weight is 349 g/mol. The molecule has 0 unspecified atom stereocenters. The van der Waals surface area contributed by atoms with Gasteiger partial charge < -0.3 is 5.73 Å². The van der Waals surface area contributed by atoms with Crippen molar-refractivity contribution in [2.75, 3.05) is 6.54 Å². The first-order valence-electron chi connectivity index (χ1n) is 8.07. The molecule has 0 atom stereocenters. The maximum atomic E-state index is 11.3. The molecule has 2 N–H and O–H groups in total. The first-order chi connectivity index (χ1) is 11.3. The van der Waals surface area contributed by atoms with Crippen molar-refractivity contribution in [3.05, 3.63) is 51.8 Å². The fourth-order valence-corrected chi connectivity index (χ4v) is 2.83. The monoisotopic (exact) mass is 348 g/mol. The number of carbonyl (C=O) groups excluding carboxylic acids is 1. The number of nitrogens with two attached hydrogens (primary N) is 1. The van der Waals surface area contributed by atoms with Gasteiger partial charge in [-0.25, -0.2) is 0 Å². The number of aryl methyl sites for hydroxylation is 1. The molecule has 0 fully saturated rings. The molecule has 1 amide bonds. The highest BCUT2D eigenvalue weighted by molar-refractivity contribution is 6.30. The maximum Gasteiger partial charge on any atom is 0.231 e. The van der Waals surface area contributed by atoms with Crippen molar-refractivity contribution < 1.29 is 4.79 Å². The molecular weight excluding hydrogens is 324 g/mol. The molecule has 0 radical (unpaired) electrons. The number of carbonyl (C=O) groups is 1. The number of aromatic nitrogens is 2. The molecule has 1 aromatic carbocycles. The van der Waals surface area contributed by atoms with Crippen LogP contribution in [0.2, 0.25) is 5.02 Å². The summed E-state index contributed by atoms with van der Waals surface area (Å²) in [5.74, 6) is -0.312. The Bertz CT molecular complexity index is 707. The van der Waals surface area contributed by atoms with Crippen LogP contribution in [-0.4, -0.2) is 33.2 Å². The van der Waals surface area contributed by atoms with E-state index in [9.17, 15) is 4.79 Å². The van der Waals surface area contributed by atoms with Crippen molar-refractivity contribution in [3.63, 3.8) is 0 Å². The van der Waals surface area contributed by atoms with Crippen LogP contribution in [0.1, 0.15) is 36.4 Å². The predicted octanol–water partition coefficient (Wildman–Crippen LogP) is 2.90. The first kappa shape index (κ1) is 18.5. The van der Waals surface area contributed by atoms with E-state index >= 15 is 0 Å². The fourth-order valence-electron chi connectivity index (χ4n) is 2.70. The van der Waals surface area contributed by atoms with Gasteiger partial charge >= 0.3 is 0 Å². The van der Waals surface area contributed by atoms with E-state index in [4.69, 9.17) is 17.3 Å². The minimum absolute atomic E-state index is 0.232. The number of halogens is 1. The van der Waals surface area contributed by atoms with E-state index in [0.717, 1.165) is 27.5 Å². The molecule has 1 aromatic heterocycles. The van der Waals surface area contributed by atoms with Crippen molar-refractivity contribution in [2.24, 2.45) is 5.73 Å². The predicted molar refractivity (Wildman–Crippen MR) is 97.0 cm³/mol. The van der Waals surface area contributed by atoms with Crippen LogP contribution in [0.4, 0.5) is 0 Å². The molecular formula is C18H25ClN4O. The third-order valence-corrected chi connectivity index (χ3v) is 4.48. The van der Waals surface area contributed by atoms with E-state index in [1.165, 1.54) is 0 Å². The average Bonchev–Trinajstić information content (AvgIpc) is 2.75. The second-order valence-electron chi connectivity index (χ2n) is 6.40. The number of nitrogens with zero attached hydrogens (tertiary/aromatic N) is 3. The van der Waals surface area contributed by atoms with Gasteiger partial charge in [0.1, 0.15) is 0 Å². The molecule has 0 spiro atoms. The largest absolute Gasteiger partial charge is 0.369 e. The number of primary amides is 1. The molecule has 24 heavy (non-hydrogen) atoms. The summed E-state index contributed by atoms with van der Waals surface area (Å²) in [5, 5.41) is 5.39. The van der Waals surface area contributed by atoms with Crippen LogP contribution in [0, 0.1) is 13.8 Å². The number of amides is 1. The number of rotatable bonds is 7. The van der Waals surface area contributed by atoms with Gasteiger partial charge in [0.05, 0.1) is 18.8 Å². The summed E-state index contributed by atoms with van der Waals surface area (Å²) in [7, 11) is 0. The van der Waals surface area contributed by atoms with Gasteiger partial charge in [-0.1, -0.05) is 23.7 Å². The zero-order chi connectivity index (χ0) is 17.9. The van der Waals surface area contributed by atoms with Gasteiger partial charge in [-0.3, -0.25) is 14.4 Å². The van der Waals surface area contributed by atoms with Gasteiger partial charge in [0.15, 0.2) is 0 Å². The Hall–Kier alpha value is -1.85. The van der Waals surface area contributed by atoms with E-state index < -0.39 is 0 Å². The molecule has 0 saturated heterocycles. The summed E-state index contributed by atoms with van der Waals surface area (Å²) in [5.41, 5.74) is 9.76. The Morgan fingerprint density at radius 1 is 1.29 bits per heavy atom. The van der Waals surface area contributed by atoms with Gasteiger partial charge in [-0.05, 0) is 45.4 Å². The zero-order valence-electron chi connectivity index (χ0n) is 14.7. The lowest BCUT2D eigenvalue weighted by atomic mass is 10.1. The Morgan fingerprint density at radius 2 is 1.92 bits per heavy atom. The summed E-state index contributed by atoms with van der Waals surface area (Å²) < 4.78 is 2.00. The second-order valence-corrected chi connectivity index (χ2v) is 6.83. The summed E-state index contributed by atoms with van der Waals surface area (Å²) >= 11 is 5.94. The maximum absolute atomic E-state index is 11.3. The quantitative estimate of drug-likeness (QED) is 0.836. The summed E-state index contributed by atoms with van der Waals surface area (Å²) in [6.45, 7) is 9.80. The summed E-state index contributed by atoms with van der Waals surface area (Å²) in [4.78, 5) is 13.4. The van der Waals surface area contributed by atoms with E-state index in [1.54, 1.807) is 0 Å². The van der Waals surface area contributed by atoms with Gasteiger partial charge in [0, 0.05) is 28.9 Å². The van der Waals surface area contributed by atoms with Crippen LogP contribution in [0.15, 0.2) is 24.3 Å². The molecule has 1 heterocycles. The van der Waals surface area contributed by atoms with Crippen molar-refractivity contribution >= 4 is 17.5 Å². The lowest BCUT2D eigenvalue weighted by Crippen LogP contribution is -2.38. The molecule has 0 bridgehead atoms. The van der Waals surface area contributed by atoms with Crippen LogP contribution < -0.4 is 5.73 Å². The zero-order valence-corrected chi connectivity index (χ0v) is 15.5. The lowest BCUT2D eigenvalue weighted by molar-refractivity contribution is -0.119. The minimum atomic E-state index is -0.312. The third-order valence-electron chi connectivity index (χ3n) is 4.23. The smallest absolute Gasteiger partial charge is 0.231 e. The molecule has 6 heteroatoms. The highest BCUT2D eigenvalue weighted by Gasteiger charge is 2.18. The van der Waals surface area contributed by atoms with Gasteiger partial charge in [0.2, 0.25) is 5.91 Å². The Kier molecular flexibility index (Phi) is 6.02. The highest BCUT2D eigenvalue weighted by Crippen LogP contribution is 2.19. The number of benzene rings is 1. The van der Waals surface area contributed by atoms with Crippen LogP contribution in [0.25, 0.3) is 0 Å². The van der Waals surface area contributed by atoms with E-state index in [2.05, 4.69) is 30.8 Å². The van der Waals surface area contributed by atoms with Crippen LogP contribution in [0.5, 0.6) is 0 Å². The molecule has 2 aromatic rings. The number of hydrogen-bond acceptors (Lipinski definition) is 3. The normalized spacial score (nSPS) is 11.5. The fraction of sp³-hybridized carbons (Fsp3) is 0.444. The van der Waals surface area contributed by atoms with Crippen molar-refractivity contribution in [2.45, 2.75) is 46.8 Å². The third kappa shape index (κ3) is 4.58. The molecule has 2 rings (SSSR count). The molecule has 5 nitrogen and oxygen atoms in total. The van der Waals surface area contributed by atoms with Crippen LogP contribution >= 0.6 is 11.6 Å². The summed E-state index contributed by atoms with van der Waals surface area (Å²) in [6.07, 6.45) is 0. The summed E-state index contributed by atoms with van der Waals surface area (Å²) in [6, 6.07) is 8.02. The SMILES string of the molecule is Cc1nn(Cc2ccc(Cl)cc2)c(C)c1CN(CC(N)=O)C(C)C. The number of hydrogen-bond donors (Lipinski definition) is 1. The highest BCUT2D eigenvalue weighted by atomic mass is 35.5. The van der Waals surface area contributed by atoms with Crippen molar-refractivity contribution in [3.8, 4) is 0 Å². The van der Waals surface area contributed by atoms with Gasteiger partial charge in [-0.15, -0.1) is 0 Å². The molecule has 130 valence electrons. The molecule has 0 saturated carbocycles. The van der Waals surface area contributed by atoms with E-state index in [0.29, 0.717) is 13.1 Å². The topological polar surface area (TPSA) is 64.2 Å². The Morgan fingerprint density at radius 3 is 2.46 bits per heavy atom. The minimum Gasteiger partial charge on any atom is -0.369 e. The molecule has 0 aliphatic rings. The standard InChI is InChI=1S/C18H25ClN4O/c1-12(2)22(11-18(20)24)10-17-13(3)21-23(14(17)4)9-15-5-7-16(19)8-6-15/h5-8,12H,9-11H2,1-4H3,(H2,20,24). The Labute approximate surface area is 148 Å². The van der Waals surface area contributed by atoms with Crippen molar-refractivity contribution in [1.82, 2.24) is 14.7 Å². The van der Waals surface area contributed by atoms with Crippen LogP contribution in [-0.2, 0) is 17.9 Å².